The number of carboxylic acid groups (broad SMARTS) is 1. The molecule has 0 bridgehead atoms. The van der Waals surface area contributed by atoms with E-state index >= 15 is 0 Å². The predicted octanol–water partition coefficient (Wildman–Crippen LogP) is 5.82. The van der Waals surface area contributed by atoms with E-state index < -0.39 is 11.4 Å². The standard InChI is InChI=1S/C28H36N2O4/c1-20(22-9-11-23(12-10-22)26(31)32)30-27(33)28(16-5-6-17-28)24-13-14-25(29-19-24)34-18-15-21-7-3-2-4-8-21/h9-14,19-21H,2-8,15-18H2,1H3,(H,30,33)(H,31,32). The van der Waals surface area contributed by atoms with Crippen LogP contribution in [0.4, 0.5) is 0 Å². The molecule has 1 atom stereocenters. The Morgan fingerprint density at radius 3 is 2.38 bits per heavy atom. The molecule has 1 unspecified atom stereocenters. The van der Waals surface area contributed by atoms with Gasteiger partial charge in [-0.2, -0.15) is 0 Å². The van der Waals surface area contributed by atoms with Crippen molar-refractivity contribution < 1.29 is 19.4 Å². The number of pyridine rings is 1. The summed E-state index contributed by atoms with van der Waals surface area (Å²) in [6, 6.07) is 10.3. The number of aromatic nitrogens is 1. The second-order valence-electron chi connectivity index (χ2n) is 9.94. The molecule has 2 aromatic rings. The number of hydrogen-bond acceptors (Lipinski definition) is 4. The van der Waals surface area contributed by atoms with E-state index in [1.165, 1.54) is 32.1 Å². The molecule has 182 valence electrons. The van der Waals surface area contributed by atoms with Crippen LogP contribution < -0.4 is 10.1 Å². The smallest absolute Gasteiger partial charge is 0.335 e. The van der Waals surface area contributed by atoms with Gasteiger partial charge in [-0.1, -0.05) is 63.1 Å². The maximum Gasteiger partial charge on any atom is 0.335 e. The minimum absolute atomic E-state index is 0.00702. The minimum atomic E-state index is -0.956. The van der Waals surface area contributed by atoms with Crippen molar-refractivity contribution in [2.45, 2.75) is 82.6 Å². The van der Waals surface area contributed by atoms with Gasteiger partial charge in [0.1, 0.15) is 0 Å². The van der Waals surface area contributed by atoms with Crippen molar-refractivity contribution in [3.8, 4) is 5.88 Å². The van der Waals surface area contributed by atoms with Crippen molar-refractivity contribution >= 4 is 11.9 Å². The van der Waals surface area contributed by atoms with Crippen molar-refractivity contribution in [2.24, 2.45) is 5.92 Å². The van der Waals surface area contributed by atoms with E-state index in [2.05, 4.69) is 10.3 Å². The molecule has 1 aromatic carbocycles. The zero-order valence-corrected chi connectivity index (χ0v) is 20.1. The van der Waals surface area contributed by atoms with Crippen LogP contribution in [-0.4, -0.2) is 28.6 Å². The Morgan fingerprint density at radius 1 is 1.06 bits per heavy atom. The van der Waals surface area contributed by atoms with Crippen LogP contribution in [0.5, 0.6) is 5.88 Å². The van der Waals surface area contributed by atoms with Gasteiger partial charge in [0.15, 0.2) is 0 Å². The lowest BCUT2D eigenvalue weighted by atomic mass is 9.78. The number of rotatable bonds is 9. The van der Waals surface area contributed by atoms with Crippen LogP contribution in [0.25, 0.3) is 0 Å². The monoisotopic (exact) mass is 464 g/mol. The van der Waals surface area contributed by atoms with Gasteiger partial charge in [0, 0.05) is 12.3 Å². The third-order valence-electron chi connectivity index (χ3n) is 7.69. The Bertz CT molecular complexity index is 959. The highest BCUT2D eigenvalue weighted by Gasteiger charge is 2.43. The first-order chi connectivity index (χ1) is 16.5. The molecule has 2 fully saturated rings. The van der Waals surface area contributed by atoms with Crippen molar-refractivity contribution in [1.29, 1.82) is 0 Å². The first-order valence-corrected chi connectivity index (χ1v) is 12.7. The van der Waals surface area contributed by atoms with Crippen LogP contribution in [0.1, 0.15) is 98.7 Å². The maximum atomic E-state index is 13.5. The summed E-state index contributed by atoms with van der Waals surface area (Å²) >= 11 is 0. The van der Waals surface area contributed by atoms with E-state index in [1.807, 2.05) is 25.3 Å². The highest BCUT2D eigenvalue weighted by Crippen LogP contribution is 2.42. The topological polar surface area (TPSA) is 88.5 Å². The molecule has 0 aliphatic heterocycles. The zero-order chi connectivity index (χ0) is 24.0. The van der Waals surface area contributed by atoms with Crippen LogP contribution in [0.15, 0.2) is 42.6 Å². The first-order valence-electron chi connectivity index (χ1n) is 12.7. The van der Waals surface area contributed by atoms with Crippen molar-refractivity contribution in [3.05, 3.63) is 59.3 Å². The fourth-order valence-electron chi connectivity index (χ4n) is 5.51. The summed E-state index contributed by atoms with van der Waals surface area (Å²) in [6.07, 6.45) is 13.2. The number of nitrogens with zero attached hydrogens (tertiary/aromatic N) is 1. The Hall–Kier alpha value is -2.89. The fraction of sp³-hybridized carbons (Fsp3) is 0.536. The number of benzene rings is 1. The molecule has 6 nitrogen and oxygen atoms in total. The van der Waals surface area contributed by atoms with E-state index in [0.29, 0.717) is 12.5 Å². The van der Waals surface area contributed by atoms with Crippen molar-refractivity contribution in [1.82, 2.24) is 10.3 Å². The molecule has 0 saturated heterocycles. The lowest BCUT2D eigenvalue weighted by Gasteiger charge is -2.30. The number of carbonyl (C=O) groups is 2. The zero-order valence-electron chi connectivity index (χ0n) is 20.1. The second-order valence-corrected chi connectivity index (χ2v) is 9.94. The molecule has 0 radical (unpaired) electrons. The number of aromatic carboxylic acids is 1. The molecule has 2 N–H and O–H groups in total. The van der Waals surface area contributed by atoms with Gasteiger partial charge in [0.2, 0.25) is 11.8 Å². The van der Waals surface area contributed by atoms with Gasteiger partial charge in [0.05, 0.1) is 23.6 Å². The molecule has 1 aromatic heterocycles. The molecule has 1 amide bonds. The molecular formula is C28H36N2O4. The molecule has 1 heterocycles. The van der Waals surface area contributed by atoms with Crippen molar-refractivity contribution in [3.63, 3.8) is 0 Å². The van der Waals surface area contributed by atoms with E-state index in [0.717, 1.165) is 49.1 Å². The SMILES string of the molecule is CC(NC(=O)C1(c2ccc(OCCC3CCCCC3)nc2)CCCC1)c1ccc(C(=O)O)cc1. The van der Waals surface area contributed by atoms with Crippen LogP contribution in [0.2, 0.25) is 0 Å². The number of hydrogen-bond donors (Lipinski definition) is 2. The van der Waals surface area contributed by atoms with E-state index in [1.54, 1.807) is 24.3 Å². The molecule has 34 heavy (non-hydrogen) atoms. The fourth-order valence-corrected chi connectivity index (χ4v) is 5.51. The summed E-state index contributed by atoms with van der Waals surface area (Å²) in [7, 11) is 0. The molecular weight excluding hydrogens is 428 g/mol. The van der Waals surface area contributed by atoms with Gasteiger partial charge in [-0.15, -0.1) is 0 Å². The highest BCUT2D eigenvalue weighted by molar-refractivity contribution is 5.89. The summed E-state index contributed by atoms with van der Waals surface area (Å²) in [5.41, 5.74) is 1.48. The number of nitrogens with one attached hydrogen (secondary N) is 1. The van der Waals surface area contributed by atoms with E-state index in [9.17, 15) is 9.59 Å². The largest absolute Gasteiger partial charge is 0.478 e. The summed E-state index contributed by atoms with van der Waals surface area (Å²) in [4.78, 5) is 29.1. The van der Waals surface area contributed by atoms with Gasteiger partial charge < -0.3 is 15.2 Å². The Labute approximate surface area is 202 Å². The van der Waals surface area contributed by atoms with Crippen LogP contribution in [-0.2, 0) is 10.2 Å². The van der Waals surface area contributed by atoms with Crippen LogP contribution >= 0.6 is 0 Å². The first kappa shape index (κ1) is 24.2. The van der Waals surface area contributed by atoms with Gasteiger partial charge >= 0.3 is 5.97 Å². The molecule has 4 rings (SSSR count). The Morgan fingerprint density at radius 2 is 1.76 bits per heavy atom. The third kappa shape index (κ3) is 5.60. The molecule has 2 aliphatic carbocycles. The van der Waals surface area contributed by atoms with E-state index in [-0.39, 0.29) is 17.5 Å². The second kappa shape index (κ2) is 11.0. The minimum Gasteiger partial charge on any atom is -0.478 e. The molecule has 6 heteroatoms. The van der Waals surface area contributed by atoms with Gasteiger partial charge in [0.25, 0.3) is 0 Å². The summed E-state index contributed by atoms with van der Waals surface area (Å²) in [5.74, 6) is 0.454. The number of amides is 1. The lowest BCUT2D eigenvalue weighted by molar-refractivity contribution is -0.127. The lowest BCUT2D eigenvalue weighted by Crippen LogP contribution is -2.43. The number of carbonyl (C=O) groups excluding carboxylic acids is 1. The van der Waals surface area contributed by atoms with E-state index in [4.69, 9.17) is 9.84 Å². The molecule has 0 spiro atoms. The Balaban J connectivity index is 1.38. The predicted molar refractivity (Wildman–Crippen MR) is 131 cm³/mol. The average Bonchev–Trinajstić information content (AvgIpc) is 3.36. The van der Waals surface area contributed by atoms with Gasteiger partial charge in [-0.3, -0.25) is 4.79 Å². The summed E-state index contributed by atoms with van der Waals surface area (Å²) in [5, 5.41) is 12.3. The van der Waals surface area contributed by atoms with Crippen LogP contribution in [0.3, 0.4) is 0 Å². The summed E-state index contributed by atoms with van der Waals surface area (Å²) in [6.45, 7) is 2.62. The Kier molecular flexibility index (Phi) is 7.86. The highest BCUT2D eigenvalue weighted by atomic mass is 16.5. The number of carboxylic acids is 1. The van der Waals surface area contributed by atoms with Crippen molar-refractivity contribution in [2.75, 3.05) is 6.61 Å². The quantitative estimate of drug-likeness (QED) is 0.488. The van der Waals surface area contributed by atoms with Gasteiger partial charge in [-0.05, 0) is 55.4 Å². The maximum absolute atomic E-state index is 13.5. The normalized spacial score (nSPS) is 18.9. The number of ether oxygens (including phenoxy) is 1. The summed E-state index contributed by atoms with van der Waals surface area (Å²) < 4.78 is 5.92. The third-order valence-corrected chi connectivity index (χ3v) is 7.69. The van der Waals surface area contributed by atoms with Gasteiger partial charge in [-0.25, -0.2) is 9.78 Å². The molecule has 2 saturated carbocycles. The average molecular weight is 465 g/mol. The molecule has 2 aliphatic rings. The van der Waals surface area contributed by atoms with Crippen LogP contribution in [0, 0.1) is 5.92 Å².